The number of aromatic nitrogens is 2. The van der Waals surface area contributed by atoms with E-state index in [4.69, 9.17) is 4.74 Å². The van der Waals surface area contributed by atoms with Gasteiger partial charge in [0.25, 0.3) is 0 Å². The minimum absolute atomic E-state index is 0.0217. The van der Waals surface area contributed by atoms with Crippen molar-refractivity contribution < 1.29 is 14.3 Å². The van der Waals surface area contributed by atoms with Crippen LogP contribution in [-0.4, -0.2) is 46.5 Å². The van der Waals surface area contributed by atoms with Gasteiger partial charge in [-0.2, -0.15) is 0 Å². The fraction of sp³-hybridized carbons (Fsp3) is 0.320. The van der Waals surface area contributed by atoms with Crippen molar-refractivity contribution in [1.29, 1.82) is 0 Å². The van der Waals surface area contributed by atoms with Gasteiger partial charge in [0.05, 0.1) is 19.3 Å². The molecule has 3 rings (SSSR count). The molecule has 0 aliphatic heterocycles. The lowest BCUT2D eigenvalue weighted by molar-refractivity contribution is -0.133. The van der Waals surface area contributed by atoms with Gasteiger partial charge < -0.3 is 9.64 Å². The number of nitrogens with zero attached hydrogens (tertiary/aromatic N) is 3. The summed E-state index contributed by atoms with van der Waals surface area (Å²) in [6.07, 6.45) is 1.89. The van der Waals surface area contributed by atoms with Gasteiger partial charge in [-0.25, -0.2) is 4.98 Å². The van der Waals surface area contributed by atoms with Crippen molar-refractivity contribution in [2.24, 2.45) is 5.92 Å². The van der Waals surface area contributed by atoms with Crippen LogP contribution in [0, 0.1) is 12.8 Å². The van der Waals surface area contributed by atoms with E-state index in [0.717, 1.165) is 22.6 Å². The largest absolute Gasteiger partial charge is 0.497 e. The molecule has 3 aromatic rings. The monoisotopic (exact) mass is 434 g/mol. The highest BCUT2D eigenvalue weighted by molar-refractivity contribution is 5.93. The highest BCUT2D eigenvalue weighted by atomic mass is 16.5. The first-order chi connectivity index (χ1) is 15.3. The summed E-state index contributed by atoms with van der Waals surface area (Å²) < 4.78 is 7.08. The lowest BCUT2D eigenvalue weighted by Gasteiger charge is -2.22. The maximum Gasteiger partial charge on any atom is 0.246 e. The van der Waals surface area contributed by atoms with E-state index in [-0.39, 0.29) is 24.3 Å². The molecule has 0 bridgehead atoms. The van der Waals surface area contributed by atoms with Crippen molar-refractivity contribution >= 4 is 17.8 Å². The quantitative estimate of drug-likeness (QED) is 0.574. The second-order valence-electron chi connectivity index (χ2n) is 8.23. The number of ether oxygens (including phenoxy) is 1. The zero-order valence-electron chi connectivity index (χ0n) is 19.3. The predicted octanol–water partition coefficient (Wildman–Crippen LogP) is 4.30. The average Bonchev–Trinajstić information content (AvgIpc) is 3.17. The Bertz CT molecular complexity index is 1070. The summed E-state index contributed by atoms with van der Waals surface area (Å²) >= 11 is 0. The second-order valence-corrected chi connectivity index (χ2v) is 8.23. The highest BCUT2D eigenvalue weighted by Gasteiger charge is 2.18. The van der Waals surface area contributed by atoms with Crippen LogP contribution in [0.25, 0.3) is 16.9 Å². The number of carbonyl (C=O) groups excluding carboxylic acids is 2. The third-order valence-corrected chi connectivity index (χ3v) is 5.02. The van der Waals surface area contributed by atoms with Crippen LogP contribution < -0.4 is 10.1 Å². The summed E-state index contributed by atoms with van der Waals surface area (Å²) in [5, 5.41) is 2.89. The van der Waals surface area contributed by atoms with Gasteiger partial charge in [0.2, 0.25) is 17.8 Å². The number of imidazole rings is 1. The number of aryl methyl sites for hydroxylation is 1. The van der Waals surface area contributed by atoms with E-state index in [9.17, 15) is 9.59 Å². The Hall–Kier alpha value is -3.61. The van der Waals surface area contributed by atoms with Crippen LogP contribution in [0.5, 0.6) is 5.75 Å². The molecule has 7 nitrogen and oxygen atoms in total. The van der Waals surface area contributed by atoms with E-state index in [2.05, 4.69) is 10.3 Å². The predicted molar refractivity (Wildman–Crippen MR) is 126 cm³/mol. The Morgan fingerprint density at radius 2 is 1.75 bits per heavy atom. The fourth-order valence-electron chi connectivity index (χ4n) is 3.35. The normalized spacial score (nSPS) is 10.8. The molecule has 7 heteroatoms. The molecule has 168 valence electrons. The Kier molecular flexibility index (Phi) is 7.30. The summed E-state index contributed by atoms with van der Waals surface area (Å²) in [6.45, 7) is 8.02. The van der Waals surface area contributed by atoms with Crippen LogP contribution in [0.1, 0.15) is 26.3 Å². The highest BCUT2D eigenvalue weighted by Crippen LogP contribution is 2.26. The van der Waals surface area contributed by atoms with Crippen LogP contribution in [-0.2, 0) is 9.59 Å². The zero-order valence-corrected chi connectivity index (χ0v) is 19.3. The molecule has 1 heterocycles. The minimum Gasteiger partial charge on any atom is -0.497 e. The van der Waals surface area contributed by atoms with Crippen LogP contribution in [0.15, 0.2) is 54.7 Å². The molecule has 1 N–H and O–H groups in total. The first-order valence-corrected chi connectivity index (χ1v) is 10.6. The molecule has 0 unspecified atom stereocenters. The third kappa shape index (κ3) is 5.75. The first kappa shape index (κ1) is 23.1. The topological polar surface area (TPSA) is 76.5 Å². The van der Waals surface area contributed by atoms with Gasteiger partial charge in [0.1, 0.15) is 5.75 Å². The summed E-state index contributed by atoms with van der Waals surface area (Å²) in [4.78, 5) is 31.0. The summed E-state index contributed by atoms with van der Waals surface area (Å²) in [6, 6.07) is 15.6. The van der Waals surface area contributed by atoms with Crippen molar-refractivity contribution in [2.75, 3.05) is 25.5 Å². The number of hydrogen-bond donors (Lipinski definition) is 1. The fourth-order valence-corrected chi connectivity index (χ4v) is 3.35. The van der Waals surface area contributed by atoms with Crippen LogP contribution in [0.4, 0.5) is 5.95 Å². The van der Waals surface area contributed by atoms with E-state index in [1.54, 1.807) is 12.0 Å². The van der Waals surface area contributed by atoms with Gasteiger partial charge in [-0.15, -0.1) is 0 Å². The molecule has 0 radical (unpaired) electrons. The molecule has 0 fully saturated rings. The molecule has 2 aromatic carbocycles. The molecule has 1 aromatic heterocycles. The van der Waals surface area contributed by atoms with Gasteiger partial charge in [-0.1, -0.05) is 31.5 Å². The van der Waals surface area contributed by atoms with Gasteiger partial charge in [0.15, 0.2) is 0 Å². The van der Waals surface area contributed by atoms with Crippen LogP contribution in [0.2, 0.25) is 0 Å². The maximum atomic E-state index is 12.8. The van der Waals surface area contributed by atoms with Crippen LogP contribution in [0.3, 0.4) is 0 Å². The number of methoxy groups -OCH3 is 1. The molecular weight excluding hydrogens is 404 g/mol. The van der Waals surface area contributed by atoms with E-state index in [1.807, 2.05) is 80.1 Å². The number of anilines is 1. The SMILES string of the molecule is COc1ccc(-c2cn(-c3ccc(C)cc3)c(NC(=O)CN(CC(C)C)C(C)=O)n2)cc1. The van der Waals surface area contributed by atoms with Crippen LogP contribution >= 0.6 is 0 Å². The molecule has 0 aliphatic carbocycles. The lowest BCUT2D eigenvalue weighted by atomic mass is 10.1. The molecule has 2 amide bonds. The lowest BCUT2D eigenvalue weighted by Crippen LogP contribution is -2.39. The minimum atomic E-state index is -0.291. The Labute approximate surface area is 189 Å². The number of nitrogens with one attached hydrogen (secondary N) is 1. The molecule has 0 spiro atoms. The van der Waals surface area contributed by atoms with E-state index in [1.165, 1.54) is 6.92 Å². The van der Waals surface area contributed by atoms with Crippen molar-refractivity contribution in [2.45, 2.75) is 27.7 Å². The first-order valence-electron chi connectivity index (χ1n) is 10.6. The van der Waals surface area contributed by atoms with Crippen molar-refractivity contribution in [1.82, 2.24) is 14.5 Å². The smallest absolute Gasteiger partial charge is 0.246 e. The van der Waals surface area contributed by atoms with Gasteiger partial charge in [-0.05, 0) is 49.2 Å². The maximum absolute atomic E-state index is 12.8. The van der Waals surface area contributed by atoms with Crippen molar-refractivity contribution in [3.8, 4) is 22.7 Å². The molecular formula is C25H30N4O3. The second kappa shape index (κ2) is 10.1. The van der Waals surface area contributed by atoms with Gasteiger partial charge in [-0.3, -0.25) is 19.5 Å². The van der Waals surface area contributed by atoms with Gasteiger partial charge >= 0.3 is 0 Å². The van der Waals surface area contributed by atoms with Crippen molar-refractivity contribution in [3.05, 3.63) is 60.3 Å². The van der Waals surface area contributed by atoms with E-state index >= 15 is 0 Å². The molecule has 32 heavy (non-hydrogen) atoms. The standard InChI is InChI=1S/C25H30N4O3/c1-17(2)14-28(19(4)30)16-24(31)27-25-26-23(20-8-12-22(32-5)13-9-20)15-29(25)21-10-6-18(3)7-11-21/h6-13,15,17H,14,16H2,1-5H3,(H,26,27,31). The average molecular weight is 435 g/mol. The zero-order chi connectivity index (χ0) is 23.3. The van der Waals surface area contributed by atoms with E-state index < -0.39 is 0 Å². The molecule has 0 saturated carbocycles. The molecule has 0 saturated heterocycles. The molecule has 0 aliphatic rings. The summed E-state index contributed by atoms with van der Waals surface area (Å²) in [5.74, 6) is 1.01. The number of amides is 2. The molecule has 0 atom stereocenters. The van der Waals surface area contributed by atoms with Gasteiger partial charge in [0, 0.05) is 30.9 Å². The Balaban J connectivity index is 1.91. The Morgan fingerprint density at radius 3 is 2.31 bits per heavy atom. The number of benzene rings is 2. The van der Waals surface area contributed by atoms with Crippen molar-refractivity contribution in [3.63, 3.8) is 0 Å². The summed E-state index contributed by atoms with van der Waals surface area (Å²) in [7, 11) is 1.62. The summed E-state index contributed by atoms with van der Waals surface area (Å²) in [5.41, 5.74) is 3.64. The third-order valence-electron chi connectivity index (χ3n) is 5.02. The Morgan fingerprint density at radius 1 is 1.09 bits per heavy atom. The number of hydrogen-bond acceptors (Lipinski definition) is 4. The number of carbonyl (C=O) groups is 2. The number of rotatable bonds is 8. The van der Waals surface area contributed by atoms with E-state index in [0.29, 0.717) is 18.2 Å².